The van der Waals surface area contributed by atoms with Crippen LogP contribution in [0.3, 0.4) is 0 Å². The van der Waals surface area contributed by atoms with Gasteiger partial charge in [0.25, 0.3) is 5.91 Å². The normalized spacial score (nSPS) is 15.4. The number of hydrogen-bond acceptors (Lipinski definition) is 5. The van der Waals surface area contributed by atoms with E-state index < -0.39 is 17.7 Å². The van der Waals surface area contributed by atoms with Crippen molar-refractivity contribution in [3.63, 3.8) is 0 Å². The predicted octanol–water partition coefficient (Wildman–Crippen LogP) is 5.86. The van der Waals surface area contributed by atoms with E-state index >= 15 is 0 Å². The molecule has 3 amide bonds. The van der Waals surface area contributed by atoms with E-state index in [1.165, 1.54) is 11.0 Å². The lowest BCUT2D eigenvalue weighted by molar-refractivity contribution is -0.135. The highest BCUT2D eigenvalue weighted by molar-refractivity contribution is 6.01. The summed E-state index contributed by atoms with van der Waals surface area (Å²) >= 11 is 0. The summed E-state index contributed by atoms with van der Waals surface area (Å²) in [5.41, 5.74) is 3.95. The van der Waals surface area contributed by atoms with Gasteiger partial charge in [0.05, 0.1) is 0 Å². The molecule has 0 bridgehead atoms. The zero-order valence-electron chi connectivity index (χ0n) is 23.1. The van der Waals surface area contributed by atoms with Gasteiger partial charge in [-0.25, -0.2) is 4.79 Å². The Bertz CT molecular complexity index is 1300. The van der Waals surface area contributed by atoms with Crippen LogP contribution in [0.15, 0.2) is 48.6 Å². The Morgan fingerprint density at radius 1 is 1.05 bits per heavy atom. The van der Waals surface area contributed by atoms with E-state index in [9.17, 15) is 19.5 Å². The monoisotopic (exact) mass is 519 g/mol. The van der Waals surface area contributed by atoms with Gasteiger partial charge in [-0.05, 0) is 101 Å². The first kappa shape index (κ1) is 28.5. The fourth-order valence-corrected chi connectivity index (χ4v) is 4.38. The quantitative estimate of drug-likeness (QED) is 0.260. The number of allylic oxidation sites excluding steroid dienone is 3. The summed E-state index contributed by atoms with van der Waals surface area (Å²) < 4.78 is 5.37. The summed E-state index contributed by atoms with van der Waals surface area (Å²) in [6.07, 6.45) is 6.59. The fourth-order valence-electron chi connectivity index (χ4n) is 4.38. The third-order valence-electron chi connectivity index (χ3n) is 6.41. The topological polar surface area (TPSA) is 108 Å². The number of ether oxygens (including phenoxy) is 1. The van der Waals surface area contributed by atoms with Crippen molar-refractivity contribution in [3.8, 4) is 5.75 Å². The van der Waals surface area contributed by atoms with Crippen molar-refractivity contribution in [3.05, 3.63) is 76.4 Å². The van der Waals surface area contributed by atoms with Crippen LogP contribution in [0.4, 0.5) is 16.2 Å². The number of aryl methyl sites for hydroxylation is 1. The minimum Gasteiger partial charge on any atom is -0.507 e. The summed E-state index contributed by atoms with van der Waals surface area (Å²) in [6.45, 7) is 12.9. The van der Waals surface area contributed by atoms with Crippen LogP contribution in [-0.4, -0.2) is 40.1 Å². The van der Waals surface area contributed by atoms with Gasteiger partial charge in [-0.1, -0.05) is 24.3 Å². The largest absolute Gasteiger partial charge is 0.507 e. The third-order valence-corrected chi connectivity index (χ3v) is 6.41. The Morgan fingerprint density at radius 2 is 1.76 bits per heavy atom. The molecule has 1 heterocycles. The number of nitrogens with zero attached hydrogens (tertiary/aromatic N) is 1. The lowest BCUT2D eigenvalue weighted by Gasteiger charge is -2.36. The Balaban J connectivity index is 2.02. The van der Waals surface area contributed by atoms with Gasteiger partial charge in [-0.3, -0.25) is 14.9 Å². The minimum absolute atomic E-state index is 0.187. The van der Waals surface area contributed by atoms with Gasteiger partial charge >= 0.3 is 6.09 Å². The van der Waals surface area contributed by atoms with Gasteiger partial charge in [-0.2, -0.15) is 0 Å². The summed E-state index contributed by atoms with van der Waals surface area (Å²) in [4.78, 5) is 40.9. The Hall–Kier alpha value is -4.07. The van der Waals surface area contributed by atoms with E-state index in [-0.39, 0.29) is 17.6 Å². The number of phenolic OH excluding ortho intramolecular Hbond substituents is 1. The van der Waals surface area contributed by atoms with E-state index in [0.717, 1.165) is 11.1 Å². The zero-order chi connectivity index (χ0) is 28.2. The van der Waals surface area contributed by atoms with Crippen LogP contribution in [-0.2, 0) is 20.7 Å². The molecule has 1 aliphatic rings. The first-order valence-corrected chi connectivity index (χ1v) is 12.7. The van der Waals surface area contributed by atoms with Crippen molar-refractivity contribution in [2.75, 3.05) is 17.2 Å². The van der Waals surface area contributed by atoms with Crippen molar-refractivity contribution in [1.82, 2.24) is 4.90 Å². The van der Waals surface area contributed by atoms with E-state index in [1.807, 2.05) is 26.0 Å². The van der Waals surface area contributed by atoms with Crippen molar-refractivity contribution >= 4 is 29.3 Å². The number of carbonyl (C=O) groups is 3. The molecule has 0 aromatic heterocycles. The molecule has 1 unspecified atom stereocenters. The van der Waals surface area contributed by atoms with Gasteiger partial charge in [0.15, 0.2) is 0 Å². The van der Waals surface area contributed by atoms with E-state index in [0.29, 0.717) is 41.0 Å². The molecule has 202 valence electrons. The van der Waals surface area contributed by atoms with Gasteiger partial charge in [0.2, 0.25) is 5.91 Å². The third kappa shape index (κ3) is 6.62. The van der Waals surface area contributed by atoms with E-state index in [2.05, 4.69) is 10.6 Å². The highest BCUT2D eigenvalue weighted by atomic mass is 16.6. The van der Waals surface area contributed by atoms with Gasteiger partial charge < -0.3 is 20.1 Å². The second-order valence-electron chi connectivity index (χ2n) is 10.4. The highest BCUT2D eigenvalue weighted by Gasteiger charge is 2.36. The van der Waals surface area contributed by atoms with Gasteiger partial charge in [-0.15, -0.1) is 0 Å². The smallest absolute Gasteiger partial charge is 0.412 e. The summed E-state index contributed by atoms with van der Waals surface area (Å²) in [5, 5.41) is 16.0. The van der Waals surface area contributed by atoms with Crippen molar-refractivity contribution in [2.24, 2.45) is 0 Å². The number of aromatic hydroxyl groups is 1. The fraction of sp³-hybridized carbons (Fsp3) is 0.367. The van der Waals surface area contributed by atoms with Crippen LogP contribution in [0.25, 0.3) is 0 Å². The maximum atomic E-state index is 13.8. The molecule has 0 radical (unpaired) electrons. The number of phenols is 1. The molecule has 0 saturated heterocycles. The van der Waals surface area contributed by atoms with Crippen molar-refractivity contribution < 1.29 is 24.2 Å². The average molecular weight is 520 g/mol. The van der Waals surface area contributed by atoms with Crippen LogP contribution >= 0.6 is 0 Å². The predicted molar refractivity (Wildman–Crippen MR) is 149 cm³/mol. The van der Waals surface area contributed by atoms with Gasteiger partial charge in [0, 0.05) is 24.0 Å². The molecular weight excluding hydrogens is 482 g/mol. The molecule has 0 saturated carbocycles. The lowest BCUT2D eigenvalue weighted by Crippen LogP contribution is -2.45. The van der Waals surface area contributed by atoms with Crippen molar-refractivity contribution in [2.45, 2.75) is 66.5 Å². The van der Waals surface area contributed by atoms with Gasteiger partial charge in [0.1, 0.15) is 17.4 Å². The molecule has 0 fully saturated rings. The molecular formula is C30H37N3O5. The number of anilines is 2. The van der Waals surface area contributed by atoms with Crippen LogP contribution in [0, 0.1) is 20.8 Å². The Kier molecular flexibility index (Phi) is 8.66. The number of carbonyl (C=O) groups excluding carboxylic acids is 3. The Morgan fingerprint density at radius 3 is 2.42 bits per heavy atom. The zero-order valence-corrected chi connectivity index (χ0v) is 23.1. The van der Waals surface area contributed by atoms with E-state index in [1.54, 1.807) is 65.0 Å². The van der Waals surface area contributed by atoms with Crippen molar-refractivity contribution in [1.29, 1.82) is 0 Å². The molecule has 1 aliphatic heterocycles. The second kappa shape index (κ2) is 11.5. The highest BCUT2D eigenvalue weighted by Crippen LogP contribution is 2.35. The number of benzene rings is 2. The first-order valence-electron chi connectivity index (χ1n) is 12.7. The van der Waals surface area contributed by atoms with Crippen LogP contribution in [0.2, 0.25) is 0 Å². The van der Waals surface area contributed by atoms with Crippen LogP contribution < -0.4 is 10.6 Å². The van der Waals surface area contributed by atoms with E-state index in [4.69, 9.17) is 4.74 Å². The maximum Gasteiger partial charge on any atom is 0.412 e. The average Bonchev–Trinajstić information content (AvgIpc) is 2.84. The minimum atomic E-state index is -0.935. The summed E-state index contributed by atoms with van der Waals surface area (Å²) in [7, 11) is 0. The number of fused-ring (bicyclic) bond motifs is 1. The molecule has 8 nitrogen and oxygen atoms in total. The molecule has 8 heteroatoms. The molecule has 2 aromatic rings. The summed E-state index contributed by atoms with van der Waals surface area (Å²) in [5.74, 6) is -0.498. The Labute approximate surface area is 224 Å². The molecule has 1 atom stereocenters. The number of rotatable bonds is 5. The molecule has 38 heavy (non-hydrogen) atoms. The number of hydrogen-bond donors (Lipinski definition) is 3. The molecule has 0 spiro atoms. The summed E-state index contributed by atoms with van der Waals surface area (Å²) in [6, 6.07) is 6.13. The van der Waals surface area contributed by atoms with Crippen LogP contribution in [0.5, 0.6) is 5.75 Å². The first-order chi connectivity index (χ1) is 17.8. The second-order valence-corrected chi connectivity index (χ2v) is 10.4. The molecule has 2 aromatic carbocycles. The van der Waals surface area contributed by atoms with Crippen LogP contribution in [0.1, 0.15) is 61.6 Å². The number of amides is 3. The standard InChI is InChI=1S/C30H37N3O5/c1-8-9-10-11-25(34)33-15-14-21-12-13-22(31-29(37)38-30(5,6)7)17-23(21)26(33)28(36)32-24-16-18(2)27(35)20(4)19(24)3/h8-13,16-17,26,35H,14-15H2,1-7H3,(H,31,37)(H,32,36)/b9-8+,11-10+. The molecule has 0 aliphatic carbocycles. The molecule has 3 rings (SSSR count). The lowest BCUT2D eigenvalue weighted by atomic mass is 9.91. The maximum absolute atomic E-state index is 13.8. The molecule has 3 N–H and O–H groups in total. The SMILES string of the molecule is C/C=C/C=C/C(=O)N1CCc2ccc(NC(=O)OC(C)(C)C)cc2C1C(=O)Nc1cc(C)c(O)c(C)c1C. The number of nitrogens with one attached hydrogen (secondary N) is 2.